The fourth-order valence-electron chi connectivity index (χ4n) is 4.67. The number of ether oxygens (including phenoxy) is 1. The van der Waals surface area contributed by atoms with Gasteiger partial charge in [0.2, 0.25) is 11.8 Å². The van der Waals surface area contributed by atoms with Crippen LogP contribution in [0.25, 0.3) is 0 Å². The molecule has 0 aromatic heterocycles. The van der Waals surface area contributed by atoms with Crippen molar-refractivity contribution in [2.45, 2.75) is 89.7 Å². The molecule has 1 heterocycles. The van der Waals surface area contributed by atoms with Crippen molar-refractivity contribution in [1.29, 1.82) is 0 Å². The SMILES string of the molecule is C[C@@H](C(=O)N[C@@H](CCCN)C(=O)N1CCC[C@H]1CN(CCc1ccccc1)C(=O)C(F)(F)F)N(C)C(=O)OC(C)(C)C. The molecule has 0 saturated carbocycles. The molecule has 0 bridgehead atoms. The first-order valence-corrected chi connectivity index (χ1v) is 14.2. The lowest BCUT2D eigenvalue weighted by atomic mass is 10.1. The molecule has 1 aliphatic rings. The molecule has 10 nitrogen and oxygen atoms in total. The molecule has 1 aromatic carbocycles. The first-order chi connectivity index (χ1) is 19.5. The Morgan fingerprint density at radius 2 is 1.79 bits per heavy atom. The van der Waals surface area contributed by atoms with E-state index >= 15 is 0 Å². The van der Waals surface area contributed by atoms with Crippen LogP contribution in [0.3, 0.4) is 0 Å². The molecule has 3 N–H and O–H groups in total. The number of carbonyl (C=O) groups excluding carboxylic acids is 4. The van der Waals surface area contributed by atoms with Crippen LogP contribution < -0.4 is 11.1 Å². The number of benzene rings is 1. The van der Waals surface area contributed by atoms with Crippen molar-refractivity contribution in [2.24, 2.45) is 5.73 Å². The molecule has 42 heavy (non-hydrogen) atoms. The Bertz CT molecular complexity index is 1060. The van der Waals surface area contributed by atoms with Gasteiger partial charge in [0.15, 0.2) is 0 Å². The van der Waals surface area contributed by atoms with Crippen LogP contribution in [0.1, 0.15) is 58.9 Å². The average molecular weight is 600 g/mol. The van der Waals surface area contributed by atoms with E-state index in [4.69, 9.17) is 10.5 Å². The van der Waals surface area contributed by atoms with Gasteiger partial charge in [0.05, 0.1) is 0 Å². The van der Waals surface area contributed by atoms with Gasteiger partial charge in [0.1, 0.15) is 17.7 Å². The maximum absolute atomic E-state index is 13.7. The van der Waals surface area contributed by atoms with Gasteiger partial charge in [-0.3, -0.25) is 19.3 Å². The van der Waals surface area contributed by atoms with E-state index < -0.39 is 53.7 Å². The summed E-state index contributed by atoms with van der Waals surface area (Å²) in [6, 6.07) is 6.24. The summed E-state index contributed by atoms with van der Waals surface area (Å²) in [6.07, 6.45) is -3.99. The molecule has 3 atom stereocenters. The first kappa shape index (κ1) is 34.8. The highest BCUT2D eigenvalue weighted by Gasteiger charge is 2.44. The predicted octanol–water partition coefficient (Wildman–Crippen LogP) is 3.09. The largest absolute Gasteiger partial charge is 0.471 e. The van der Waals surface area contributed by atoms with Crippen molar-refractivity contribution < 1.29 is 37.1 Å². The van der Waals surface area contributed by atoms with Crippen molar-refractivity contribution >= 4 is 23.8 Å². The zero-order valence-electron chi connectivity index (χ0n) is 25.1. The molecule has 4 amide bonds. The van der Waals surface area contributed by atoms with Crippen LogP contribution in [0.15, 0.2) is 30.3 Å². The number of nitrogens with two attached hydrogens (primary N) is 1. The molecule has 13 heteroatoms. The first-order valence-electron chi connectivity index (χ1n) is 14.2. The second kappa shape index (κ2) is 15.2. The van der Waals surface area contributed by atoms with Gasteiger partial charge in [-0.15, -0.1) is 0 Å². The smallest absolute Gasteiger partial charge is 0.444 e. The van der Waals surface area contributed by atoms with Gasteiger partial charge in [0, 0.05) is 32.7 Å². The standard InChI is InChI=1S/C29H44F3N5O5/c1-20(35(5)27(41)42-28(2,3)4)24(38)34-23(14-9-16-33)25(39)37-17-10-13-22(37)19-36(26(40)29(30,31)32)18-15-21-11-7-6-8-12-21/h6-8,11-12,20,22-23H,9-10,13-19,33H2,1-5H3,(H,34,38)/t20-,22-,23-/m0/s1. The third-order valence-electron chi connectivity index (χ3n) is 7.09. The topological polar surface area (TPSA) is 125 Å². The number of likely N-dealkylation sites (tertiary alicyclic amines) is 1. The third-order valence-corrected chi connectivity index (χ3v) is 7.09. The van der Waals surface area contributed by atoms with Gasteiger partial charge in [-0.25, -0.2) is 4.79 Å². The number of hydrogen-bond donors (Lipinski definition) is 2. The summed E-state index contributed by atoms with van der Waals surface area (Å²) in [5.41, 5.74) is 5.67. The molecule has 0 radical (unpaired) electrons. The minimum absolute atomic E-state index is 0.164. The van der Waals surface area contributed by atoms with E-state index in [1.165, 1.54) is 18.9 Å². The van der Waals surface area contributed by atoms with Crippen LogP contribution >= 0.6 is 0 Å². The van der Waals surface area contributed by atoms with Gasteiger partial charge >= 0.3 is 18.2 Å². The monoisotopic (exact) mass is 599 g/mol. The maximum atomic E-state index is 13.7. The van der Waals surface area contributed by atoms with Crippen LogP contribution in [0, 0.1) is 0 Å². The molecule has 0 unspecified atom stereocenters. The van der Waals surface area contributed by atoms with Crippen molar-refractivity contribution in [2.75, 3.05) is 33.2 Å². The van der Waals surface area contributed by atoms with Crippen LogP contribution in [0.2, 0.25) is 0 Å². The summed E-state index contributed by atoms with van der Waals surface area (Å²) in [4.78, 5) is 54.9. The fraction of sp³-hybridized carbons (Fsp3) is 0.655. The van der Waals surface area contributed by atoms with E-state index in [9.17, 15) is 32.3 Å². The van der Waals surface area contributed by atoms with Crippen LogP contribution in [-0.2, 0) is 25.5 Å². The Balaban J connectivity index is 2.17. The summed E-state index contributed by atoms with van der Waals surface area (Å²) in [5.74, 6) is -3.01. The molecular weight excluding hydrogens is 555 g/mol. The normalized spacial score (nSPS) is 16.9. The Morgan fingerprint density at radius 3 is 2.36 bits per heavy atom. The number of nitrogens with zero attached hydrogens (tertiary/aromatic N) is 3. The van der Waals surface area contributed by atoms with E-state index in [-0.39, 0.29) is 39.0 Å². The Morgan fingerprint density at radius 1 is 1.14 bits per heavy atom. The van der Waals surface area contributed by atoms with E-state index in [1.54, 1.807) is 51.1 Å². The number of hydrogen-bond acceptors (Lipinski definition) is 6. The minimum Gasteiger partial charge on any atom is -0.444 e. The fourth-order valence-corrected chi connectivity index (χ4v) is 4.67. The van der Waals surface area contributed by atoms with Crippen LogP contribution in [0.4, 0.5) is 18.0 Å². The summed E-state index contributed by atoms with van der Waals surface area (Å²) in [5, 5.41) is 2.70. The van der Waals surface area contributed by atoms with E-state index in [1.807, 2.05) is 0 Å². The third kappa shape index (κ3) is 10.5. The Kier molecular flexibility index (Phi) is 12.6. The van der Waals surface area contributed by atoms with Crippen molar-refractivity contribution in [3.63, 3.8) is 0 Å². The molecule has 1 aliphatic heterocycles. The van der Waals surface area contributed by atoms with Gasteiger partial charge in [0.25, 0.3) is 0 Å². The number of rotatable bonds is 12. The number of alkyl halides is 3. The zero-order valence-corrected chi connectivity index (χ0v) is 25.1. The van der Waals surface area contributed by atoms with Crippen LogP contribution in [-0.4, -0.2) is 102 Å². The lowest BCUT2D eigenvalue weighted by Gasteiger charge is -2.34. The highest BCUT2D eigenvalue weighted by Crippen LogP contribution is 2.24. The Labute approximate surface area is 245 Å². The second-order valence-electron chi connectivity index (χ2n) is 11.6. The second-order valence-corrected chi connectivity index (χ2v) is 11.6. The molecule has 0 spiro atoms. The highest BCUT2D eigenvalue weighted by atomic mass is 19.4. The van der Waals surface area contributed by atoms with Crippen LogP contribution in [0.5, 0.6) is 0 Å². The molecule has 1 saturated heterocycles. The molecule has 1 aromatic rings. The number of nitrogens with one attached hydrogen (secondary N) is 1. The van der Waals surface area contributed by atoms with Crippen molar-refractivity contribution in [3.8, 4) is 0 Å². The number of likely N-dealkylation sites (N-methyl/N-ethyl adjacent to an activating group) is 1. The number of halogens is 3. The molecular formula is C29H44F3N5O5. The average Bonchev–Trinajstić information content (AvgIpc) is 3.38. The number of carbonyl (C=O) groups is 4. The molecule has 2 rings (SSSR count). The highest BCUT2D eigenvalue weighted by molar-refractivity contribution is 5.91. The predicted molar refractivity (Wildman–Crippen MR) is 151 cm³/mol. The van der Waals surface area contributed by atoms with E-state index in [2.05, 4.69) is 5.32 Å². The van der Waals surface area contributed by atoms with Gasteiger partial charge in [-0.1, -0.05) is 30.3 Å². The molecule has 0 aliphatic carbocycles. The van der Waals surface area contributed by atoms with Gasteiger partial charge in [-0.2, -0.15) is 13.2 Å². The van der Waals surface area contributed by atoms with Gasteiger partial charge in [-0.05, 0) is 71.9 Å². The quantitative estimate of drug-likeness (QED) is 0.381. The summed E-state index contributed by atoms with van der Waals surface area (Å²) in [7, 11) is 1.41. The zero-order chi connectivity index (χ0) is 31.7. The van der Waals surface area contributed by atoms with Crippen molar-refractivity contribution in [3.05, 3.63) is 35.9 Å². The van der Waals surface area contributed by atoms with E-state index in [0.717, 1.165) is 15.4 Å². The maximum Gasteiger partial charge on any atom is 0.471 e. The Hall–Kier alpha value is -3.35. The van der Waals surface area contributed by atoms with Gasteiger partial charge < -0.3 is 25.6 Å². The summed E-state index contributed by atoms with van der Waals surface area (Å²) in [6.45, 7) is 6.67. The van der Waals surface area contributed by atoms with Crippen molar-refractivity contribution in [1.82, 2.24) is 20.0 Å². The number of amides is 4. The minimum atomic E-state index is -5.06. The van der Waals surface area contributed by atoms with E-state index in [0.29, 0.717) is 19.3 Å². The molecule has 1 fully saturated rings. The molecule has 236 valence electrons. The summed E-state index contributed by atoms with van der Waals surface area (Å²) < 4.78 is 45.8. The lowest BCUT2D eigenvalue weighted by Crippen LogP contribution is -2.56. The lowest BCUT2D eigenvalue weighted by molar-refractivity contribution is -0.186. The summed E-state index contributed by atoms with van der Waals surface area (Å²) >= 11 is 0.